The van der Waals surface area contributed by atoms with Crippen LogP contribution in [-0.2, 0) is 9.53 Å². The largest absolute Gasteiger partial charge is 0.494 e. The quantitative estimate of drug-likeness (QED) is 0.594. The second kappa shape index (κ2) is 10.8. The number of nitrogens with zero attached hydrogens (tertiary/aromatic N) is 1. The average Bonchev–Trinajstić information content (AvgIpc) is 2.67. The van der Waals surface area contributed by atoms with Gasteiger partial charge in [0, 0.05) is 19.3 Å². The highest BCUT2D eigenvalue weighted by Gasteiger charge is 2.33. The first-order valence-electron chi connectivity index (χ1n) is 10.6. The minimum absolute atomic E-state index is 0.117. The Morgan fingerprint density at radius 3 is 2.46 bits per heavy atom. The second-order valence-corrected chi connectivity index (χ2v) is 8.74. The molecular formula is C23H38N2O3. The van der Waals surface area contributed by atoms with Crippen molar-refractivity contribution in [2.75, 3.05) is 38.7 Å². The molecule has 1 aliphatic rings. The van der Waals surface area contributed by atoms with Crippen LogP contribution in [0.5, 0.6) is 5.75 Å². The molecule has 1 aromatic rings. The number of likely N-dealkylation sites (tertiary alicyclic amines) is 1. The Hall–Kier alpha value is -1.59. The molecule has 28 heavy (non-hydrogen) atoms. The normalized spacial score (nSPS) is 18.1. The molecule has 0 saturated carbocycles. The van der Waals surface area contributed by atoms with Gasteiger partial charge in [0.25, 0.3) is 5.91 Å². The smallest absolute Gasteiger partial charge is 0.256 e. The molecule has 0 bridgehead atoms. The topological polar surface area (TPSA) is 50.8 Å². The Labute approximate surface area is 170 Å². The molecule has 1 fully saturated rings. The maximum atomic E-state index is 12.6. The molecule has 1 aromatic carbocycles. The number of benzene rings is 1. The number of piperidine rings is 1. The zero-order valence-electron chi connectivity index (χ0n) is 18.3. The molecule has 1 saturated heterocycles. The molecule has 0 spiro atoms. The maximum Gasteiger partial charge on any atom is 0.256 e. The third-order valence-corrected chi connectivity index (χ3v) is 5.60. The number of hydrogen-bond acceptors (Lipinski definition) is 4. The molecule has 1 unspecified atom stereocenters. The molecule has 1 amide bonds. The second-order valence-electron chi connectivity index (χ2n) is 8.74. The first kappa shape index (κ1) is 22.7. The fourth-order valence-corrected chi connectivity index (χ4v) is 3.71. The number of nitrogens with one attached hydrogen (secondary N) is 1. The van der Waals surface area contributed by atoms with Gasteiger partial charge in [0.05, 0.1) is 6.61 Å². The standard InChI is InChI=1S/C23H38N2O3/c1-18(2)17-23(4,27-5)22(26)24-20-7-9-21(10-8-20)28-16-6-13-25-14-11-19(3)12-15-25/h7-10,18-19H,6,11-17H2,1-5H3,(H,24,26). The average molecular weight is 391 g/mol. The summed E-state index contributed by atoms with van der Waals surface area (Å²) in [6.07, 6.45) is 4.33. The van der Waals surface area contributed by atoms with E-state index in [0.29, 0.717) is 18.9 Å². The maximum absolute atomic E-state index is 12.6. The van der Waals surface area contributed by atoms with E-state index in [4.69, 9.17) is 9.47 Å². The summed E-state index contributed by atoms with van der Waals surface area (Å²) < 4.78 is 11.3. The van der Waals surface area contributed by atoms with Crippen molar-refractivity contribution in [3.8, 4) is 5.75 Å². The van der Waals surface area contributed by atoms with Gasteiger partial charge in [0.15, 0.2) is 0 Å². The van der Waals surface area contributed by atoms with Crippen molar-refractivity contribution in [2.24, 2.45) is 11.8 Å². The predicted molar refractivity (Wildman–Crippen MR) is 115 cm³/mol. The van der Waals surface area contributed by atoms with Gasteiger partial charge in [-0.05, 0) is 81.8 Å². The molecule has 0 radical (unpaired) electrons. The lowest BCUT2D eigenvalue weighted by Crippen LogP contribution is -2.43. The zero-order chi connectivity index (χ0) is 20.6. The van der Waals surface area contributed by atoms with Crippen LogP contribution in [-0.4, -0.2) is 49.8 Å². The lowest BCUT2D eigenvalue weighted by molar-refractivity contribution is -0.137. The van der Waals surface area contributed by atoms with Crippen LogP contribution in [0.25, 0.3) is 0 Å². The predicted octanol–water partition coefficient (Wildman–Crippen LogP) is 4.58. The van der Waals surface area contributed by atoms with Crippen LogP contribution < -0.4 is 10.1 Å². The Bertz CT molecular complexity index is 594. The van der Waals surface area contributed by atoms with E-state index in [2.05, 4.69) is 31.0 Å². The number of rotatable bonds is 10. The number of methoxy groups -OCH3 is 1. The monoisotopic (exact) mass is 390 g/mol. The first-order chi connectivity index (χ1) is 13.3. The van der Waals surface area contributed by atoms with E-state index in [0.717, 1.165) is 30.3 Å². The van der Waals surface area contributed by atoms with E-state index in [1.807, 2.05) is 31.2 Å². The molecule has 5 heteroatoms. The molecule has 1 atom stereocenters. The highest BCUT2D eigenvalue weighted by atomic mass is 16.5. The van der Waals surface area contributed by atoms with Crippen molar-refractivity contribution in [3.63, 3.8) is 0 Å². The van der Waals surface area contributed by atoms with E-state index >= 15 is 0 Å². The summed E-state index contributed by atoms with van der Waals surface area (Å²) >= 11 is 0. The van der Waals surface area contributed by atoms with Gasteiger partial charge in [-0.1, -0.05) is 20.8 Å². The van der Waals surface area contributed by atoms with Crippen molar-refractivity contribution in [3.05, 3.63) is 24.3 Å². The third kappa shape index (κ3) is 7.10. The van der Waals surface area contributed by atoms with Crippen molar-refractivity contribution < 1.29 is 14.3 Å². The van der Waals surface area contributed by atoms with E-state index in [-0.39, 0.29) is 5.91 Å². The molecule has 0 aliphatic carbocycles. The summed E-state index contributed by atoms with van der Waals surface area (Å²) in [6.45, 7) is 12.6. The van der Waals surface area contributed by atoms with Crippen molar-refractivity contribution in [2.45, 2.75) is 59.0 Å². The number of carbonyl (C=O) groups is 1. The Morgan fingerprint density at radius 1 is 1.25 bits per heavy atom. The Morgan fingerprint density at radius 2 is 1.89 bits per heavy atom. The van der Waals surface area contributed by atoms with Crippen LogP contribution in [0.1, 0.15) is 53.4 Å². The number of ether oxygens (including phenoxy) is 2. The Balaban J connectivity index is 1.74. The Kier molecular flexibility index (Phi) is 8.77. The summed E-state index contributed by atoms with van der Waals surface area (Å²) in [4.78, 5) is 15.1. The summed E-state index contributed by atoms with van der Waals surface area (Å²) in [5.41, 5.74) is -0.0675. The van der Waals surface area contributed by atoms with E-state index in [1.165, 1.54) is 25.9 Å². The lowest BCUT2D eigenvalue weighted by atomic mass is 9.93. The van der Waals surface area contributed by atoms with E-state index < -0.39 is 5.60 Å². The van der Waals surface area contributed by atoms with Crippen LogP contribution in [0.2, 0.25) is 0 Å². The number of anilines is 1. The summed E-state index contributed by atoms with van der Waals surface area (Å²) in [5.74, 6) is 1.97. The molecule has 2 rings (SSSR count). The highest BCUT2D eigenvalue weighted by molar-refractivity contribution is 5.97. The molecule has 158 valence electrons. The van der Waals surface area contributed by atoms with Gasteiger partial charge >= 0.3 is 0 Å². The fourth-order valence-electron chi connectivity index (χ4n) is 3.71. The van der Waals surface area contributed by atoms with Gasteiger partial charge in [-0.3, -0.25) is 4.79 Å². The zero-order valence-corrected chi connectivity index (χ0v) is 18.3. The first-order valence-corrected chi connectivity index (χ1v) is 10.6. The summed E-state index contributed by atoms with van der Waals surface area (Å²) in [5, 5.41) is 2.95. The van der Waals surface area contributed by atoms with Gasteiger partial charge in [-0.15, -0.1) is 0 Å². The summed E-state index contributed by atoms with van der Waals surface area (Å²) in [6, 6.07) is 7.57. The SMILES string of the molecule is COC(C)(CC(C)C)C(=O)Nc1ccc(OCCCN2CCC(C)CC2)cc1. The van der Waals surface area contributed by atoms with E-state index in [9.17, 15) is 4.79 Å². The molecule has 1 N–H and O–H groups in total. The highest BCUT2D eigenvalue weighted by Crippen LogP contribution is 2.23. The number of amides is 1. The van der Waals surface area contributed by atoms with Crippen molar-refractivity contribution in [1.29, 1.82) is 0 Å². The van der Waals surface area contributed by atoms with Crippen LogP contribution in [0, 0.1) is 11.8 Å². The van der Waals surface area contributed by atoms with Crippen LogP contribution >= 0.6 is 0 Å². The minimum Gasteiger partial charge on any atom is -0.494 e. The van der Waals surface area contributed by atoms with Crippen molar-refractivity contribution in [1.82, 2.24) is 4.90 Å². The molecule has 1 aliphatic heterocycles. The molecular weight excluding hydrogens is 352 g/mol. The lowest BCUT2D eigenvalue weighted by Gasteiger charge is -2.30. The van der Waals surface area contributed by atoms with Gasteiger partial charge < -0.3 is 19.7 Å². The molecule has 0 aromatic heterocycles. The fraction of sp³-hybridized carbons (Fsp3) is 0.696. The molecule has 1 heterocycles. The van der Waals surface area contributed by atoms with Crippen molar-refractivity contribution >= 4 is 11.6 Å². The van der Waals surface area contributed by atoms with E-state index in [1.54, 1.807) is 7.11 Å². The number of hydrogen-bond donors (Lipinski definition) is 1. The van der Waals surface area contributed by atoms with Crippen LogP contribution in [0.15, 0.2) is 24.3 Å². The summed E-state index contributed by atoms with van der Waals surface area (Å²) in [7, 11) is 1.59. The molecule has 5 nitrogen and oxygen atoms in total. The van der Waals surface area contributed by atoms with Crippen LogP contribution in [0.3, 0.4) is 0 Å². The minimum atomic E-state index is -0.824. The van der Waals surface area contributed by atoms with Crippen LogP contribution in [0.4, 0.5) is 5.69 Å². The van der Waals surface area contributed by atoms with Gasteiger partial charge in [0.2, 0.25) is 0 Å². The number of carbonyl (C=O) groups excluding carboxylic acids is 1. The van der Waals surface area contributed by atoms with Gasteiger partial charge in [0.1, 0.15) is 11.4 Å². The third-order valence-electron chi connectivity index (χ3n) is 5.60. The van der Waals surface area contributed by atoms with Gasteiger partial charge in [-0.25, -0.2) is 0 Å². The van der Waals surface area contributed by atoms with Gasteiger partial charge in [-0.2, -0.15) is 0 Å².